The van der Waals surface area contributed by atoms with E-state index in [0.717, 1.165) is 0 Å². The van der Waals surface area contributed by atoms with Crippen LogP contribution in [0, 0.1) is 6.92 Å². The van der Waals surface area contributed by atoms with Crippen molar-refractivity contribution < 1.29 is 27.9 Å². The number of hydrogen-bond acceptors (Lipinski definition) is 2. The molecule has 0 unspecified atom stereocenters. The maximum atomic E-state index is 11.9. The average Bonchev–Trinajstić information content (AvgIpc) is 2.30. The van der Waals surface area contributed by atoms with Crippen molar-refractivity contribution in [3.05, 3.63) is 29.3 Å². The SMILES string of the molecule is Cc1ccc(C(=O)O)cc1NC(=O)NCCC(F)(F)F. The summed E-state index contributed by atoms with van der Waals surface area (Å²) >= 11 is 0. The fraction of sp³-hybridized carbons (Fsp3) is 0.333. The lowest BCUT2D eigenvalue weighted by Crippen LogP contribution is -2.32. The second-order valence-electron chi connectivity index (χ2n) is 4.08. The lowest BCUT2D eigenvalue weighted by Gasteiger charge is -2.11. The zero-order valence-corrected chi connectivity index (χ0v) is 10.5. The maximum absolute atomic E-state index is 11.9. The number of aromatic carboxylic acids is 1. The molecular weight excluding hydrogens is 277 g/mol. The number of anilines is 1. The van der Waals surface area contributed by atoms with Gasteiger partial charge in [0.2, 0.25) is 0 Å². The highest BCUT2D eigenvalue weighted by Crippen LogP contribution is 2.19. The highest BCUT2D eigenvalue weighted by atomic mass is 19.4. The number of amides is 2. The smallest absolute Gasteiger partial charge is 0.390 e. The van der Waals surface area contributed by atoms with Crippen LogP contribution in [0.1, 0.15) is 22.3 Å². The molecule has 2 amide bonds. The van der Waals surface area contributed by atoms with Crippen LogP contribution < -0.4 is 10.6 Å². The number of urea groups is 1. The summed E-state index contributed by atoms with van der Waals surface area (Å²) in [6.07, 6.45) is -5.47. The summed E-state index contributed by atoms with van der Waals surface area (Å²) in [4.78, 5) is 22.2. The van der Waals surface area contributed by atoms with E-state index in [1.165, 1.54) is 18.2 Å². The van der Waals surface area contributed by atoms with Crippen molar-refractivity contribution in [2.75, 3.05) is 11.9 Å². The number of carboxylic acids is 1. The Morgan fingerprint density at radius 3 is 2.50 bits per heavy atom. The van der Waals surface area contributed by atoms with Gasteiger partial charge in [0.1, 0.15) is 0 Å². The third-order valence-corrected chi connectivity index (χ3v) is 2.43. The molecule has 0 radical (unpaired) electrons. The van der Waals surface area contributed by atoms with E-state index in [1.807, 2.05) is 5.32 Å². The molecule has 0 bridgehead atoms. The minimum Gasteiger partial charge on any atom is -0.478 e. The Kier molecular flexibility index (Phi) is 4.95. The molecule has 1 aromatic rings. The first-order valence-corrected chi connectivity index (χ1v) is 5.64. The number of carbonyl (C=O) groups excluding carboxylic acids is 1. The predicted octanol–water partition coefficient (Wildman–Crippen LogP) is 2.77. The van der Waals surface area contributed by atoms with E-state index >= 15 is 0 Å². The van der Waals surface area contributed by atoms with Crippen LogP contribution in [0.3, 0.4) is 0 Å². The minimum absolute atomic E-state index is 0.0267. The molecular formula is C12H13F3N2O3. The van der Waals surface area contributed by atoms with Gasteiger partial charge >= 0.3 is 18.2 Å². The van der Waals surface area contributed by atoms with Gasteiger partial charge in [-0.05, 0) is 24.6 Å². The van der Waals surface area contributed by atoms with E-state index < -0.39 is 31.1 Å². The molecule has 0 aliphatic carbocycles. The second-order valence-corrected chi connectivity index (χ2v) is 4.08. The monoisotopic (exact) mass is 290 g/mol. The fourth-order valence-electron chi connectivity index (χ4n) is 1.37. The number of alkyl halides is 3. The number of nitrogens with one attached hydrogen (secondary N) is 2. The summed E-state index contributed by atoms with van der Waals surface area (Å²) in [5, 5.41) is 13.2. The van der Waals surface area contributed by atoms with Crippen LogP contribution >= 0.6 is 0 Å². The van der Waals surface area contributed by atoms with Gasteiger partial charge in [0, 0.05) is 12.2 Å². The Labute approximate surface area is 112 Å². The van der Waals surface area contributed by atoms with Gasteiger partial charge in [-0.15, -0.1) is 0 Å². The largest absolute Gasteiger partial charge is 0.478 e. The topological polar surface area (TPSA) is 78.4 Å². The summed E-state index contributed by atoms with van der Waals surface area (Å²) in [5.74, 6) is -1.16. The molecule has 5 nitrogen and oxygen atoms in total. The van der Waals surface area contributed by atoms with Crippen molar-refractivity contribution in [2.24, 2.45) is 0 Å². The minimum atomic E-state index is -4.34. The van der Waals surface area contributed by atoms with Gasteiger partial charge in [0.25, 0.3) is 0 Å². The molecule has 3 N–H and O–H groups in total. The van der Waals surface area contributed by atoms with Gasteiger partial charge in [-0.3, -0.25) is 0 Å². The summed E-state index contributed by atoms with van der Waals surface area (Å²) < 4.78 is 35.7. The molecule has 0 fully saturated rings. The fourth-order valence-corrected chi connectivity index (χ4v) is 1.37. The lowest BCUT2D eigenvalue weighted by atomic mass is 10.1. The molecule has 0 heterocycles. The van der Waals surface area contributed by atoms with Crippen molar-refractivity contribution >= 4 is 17.7 Å². The quantitative estimate of drug-likeness (QED) is 0.797. The number of rotatable bonds is 4. The maximum Gasteiger partial charge on any atom is 0.390 e. The van der Waals surface area contributed by atoms with Crippen LogP contribution in [0.4, 0.5) is 23.7 Å². The van der Waals surface area contributed by atoms with E-state index in [0.29, 0.717) is 5.56 Å². The van der Waals surface area contributed by atoms with E-state index in [-0.39, 0.29) is 11.3 Å². The molecule has 0 saturated heterocycles. The van der Waals surface area contributed by atoms with Gasteiger partial charge in [-0.25, -0.2) is 9.59 Å². The van der Waals surface area contributed by atoms with Crippen molar-refractivity contribution in [3.63, 3.8) is 0 Å². The summed E-state index contributed by atoms with van der Waals surface area (Å²) in [5.41, 5.74) is 0.802. The molecule has 1 aromatic carbocycles. The first-order valence-electron chi connectivity index (χ1n) is 5.64. The van der Waals surface area contributed by atoms with Crippen LogP contribution in [-0.4, -0.2) is 29.8 Å². The number of aryl methyl sites for hydroxylation is 1. The Balaban J connectivity index is 2.62. The Bertz CT molecular complexity index is 515. The molecule has 0 aromatic heterocycles. The van der Waals surface area contributed by atoms with Crippen molar-refractivity contribution in [3.8, 4) is 0 Å². The molecule has 0 aliphatic rings. The number of benzene rings is 1. The van der Waals surface area contributed by atoms with E-state index in [2.05, 4.69) is 5.32 Å². The Morgan fingerprint density at radius 1 is 1.30 bits per heavy atom. The van der Waals surface area contributed by atoms with Crippen LogP contribution in [0.2, 0.25) is 0 Å². The molecule has 0 aliphatic heterocycles. The van der Waals surface area contributed by atoms with Gasteiger partial charge in [-0.2, -0.15) is 13.2 Å². The lowest BCUT2D eigenvalue weighted by molar-refractivity contribution is -0.132. The van der Waals surface area contributed by atoms with Crippen molar-refractivity contribution in [1.29, 1.82) is 0 Å². The highest BCUT2D eigenvalue weighted by Gasteiger charge is 2.26. The van der Waals surface area contributed by atoms with Gasteiger partial charge < -0.3 is 15.7 Å². The van der Waals surface area contributed by atoms with Gasteiger partial charge in [0.05, 0.1) is 12.0 Å². The number of carbonyl (C=O) groups is 2. The van der Waals surface area contributed by atoms with Crippen molar-refractivity contribution in [2.45, 2.75) is 19.5 Å². The summed E-state index contributed by atoms with van der Waals surface area (Å²) in [7, 11) is 0. The van der Waals surface area contributed by atoms with Crippen LogP contribution in [0.25, 0.3) is 0 Å². The molecule has 110 valence electrons. The molecule has 20 heavy (non-hydrogen) atoms. The van der Waals surface area contributed by atoms with Crippen LogP contribution in [-0.2, 0) is 0 Å². The van der Waals surface area contributed by atoms with Crippen molar-refractivity contribution in [1.82, 2.24) is 5.32 Å². The zero-order valence-electron chi connectivity index (χ0n) is 10.5. The van der Waals surface area contributed by atoms with Crippen LogP contribution in [0.15, 0.2) is 18.2 Å². The summed E-state index contributed by atoms with van der Waals surface area (Å²) in [6, 6.07) is 3.28. The number of hydrogen-bond donors (Lipinski definition) is 3. The molecule has 0 spiro atoms. The van der Waals surface area contributed by atoms with Gasteiger partial charge in [-0.1, -0.05) is 6.07 Å². The van der Waals surface area contributed by atoms with Crippen LogP contribution in [0.5, 0.6) is 0 Å². The molecule has 1 rings (SSSR count). The first kappa shape index (κ1) is 15.8. The number of carboxylic acid groups (broad SMARTS) is 1. The highest BCUT2D eigenvalue weighted by molar-refractivity contribution is 5.93. The first-order chi connectivity index (χ1) is 9.19. The van der Waals surface area contributed by atoms with E-state index in [1.54, 1.807) is 6.92 Å². The van der Waals surface area contributed by atoms with E-state index in [9.17, 15) is 22.8 Å². The predicted molar refractivity (Wildman–Crippen MR) is 65.8 cm³/mol. The second kappa shape index (κ2) is 6.27. The molecule has 0 saturated carbocycles. The number of halogens is 3. The standard InChI is InChI=1S/C12H13F3N2O3/c1-7-2-3-8(10(18)19)6-9(7)17-11(20)16-5-4-12(13,14)15/h2-3,6H,4-5H2,1H3,(H,18,19)(H2,16,17,20). The molecule has 8 heteroatoms. The van der Waals surface area contributed by atoms with Gasteiger partial charge in [0.15, 0.2) is 0 Å². The third-order valence-electron chi connectivity index (χ3n) is 2.43. The van der Waals surface area contributed by atoms with E-state index in [4.69, 9.17) is 5.11 Å². The summed E-state index contributed by atoms with van der Waals surface area (Å²) in [6.45, 7) is 1.09. The zero-order chi connectivity index (χ0) is 15.3. The normalized spacial score (nSPS) is 11.0. The third kappa shape index (κ3) is 5.17. The molecule has 0 atom stereocenters. The Hall–Kier alpha value is -2.25. The Morgan fingerprint density at radius 2 is 1.95 bits per heavy atom. The average molecular weight is 290 g/mol.